The molecule has 0 atom stereocenters. The quantitative estimate of drug-likeness (QED) is 0.181. The van der Waals surface area contributed by atoms with Crippen LogP contribution in [0.4, 0.5) is 23.0 Å². The van der Waals surface area contributed by atoms with E-state index in [1.54, 1.807) is 18.2 Å². The van der Waals surface area contributed by atoms with E-state index in [2.05, 4.69) is 59.6 Å². The molecule has 1 aromatic heterocycles. The minimum Gasteiger partial charge on any atom is -0.492 e. The minimum absolute atomic E-state index is 0.218. The van der Waals surface area contributed by atoms with Gasteiger partial charge in [0.05, 0.1) is 42.3 Å². The number of benzene rings is 3. The van der Waals surface area contributed by atoms with Crippen molar-refractivity contribution in [3.05, 3.63) is 101 Å². The predicted molar refractivity (Wildman–Crippen MR) is 203 cm³/mol. The highest BCUT2D eigenvalue weighted by Gasteiger charge is 2.26. The van der Waals surface area contributed by atoms with Crippen LogP contribution in [0, 0.1) is 6.92 Å². The number of hydrogen-bond donors (Lipinski definition) is 4. The lowest BCUT2D eigenvalue weighted by Gasteiger charge is -2.35. The van der Waals surface area contributed by atoms with Gasteiger partial charge in [-0.1, -0.05) is 57.2 Å². The molecule has 6 rings (SSSR count). The molecule has 0 radical (unpaired) electrons. The number of ether oxygens (including phenoxy) is 1. The Balaban J connectivity index is 1.18. The van der Waals surface area contributed by atoms with Gasteiger partial charge < -0.3 is 19.5 Å². The van der Waals surface area contributed by atoms with Gasteiger partial charge in [-0.3, -0.25) is 24.9 Å². The summed E-state index contributed by atoms with van der Waals surface area (Å²) in [5, 5.41) is 4.78. The number of carbonyl (C=O) groups is 1. The molecule has 4 N–H and O–H groups in total. The van der Waals surface area contributed by atoms with Crippen molar-refractivity contribution >= 4 is 44.6 Å². The summed E-state index contributed by atoms with van der Waals surface area (Å²) in [6.45, 7) is 12.7. The van der Waals surface area contributed by atoms with Gasteiger partial charge in [-0.05, 0) is 53.3 Å². The Kier molecular flexibility index (Phi) is 10.0. The molecule has 1 saturated heterocycles. The number of imidazole rings is 1. The van der Waals surface area contributed by atoms with Gasteiger partial charge in [0.25, 0.3) is 5.91 Å². The molecule has 0 unspecified atom stereocenters. The van der Waals surface area contributed by atoms with Crippen LogP contribution < -0.4 is 35.6 Å². The first-order chi connectivity index (χ1) is 24.2. The molecule has 3 aromatic carbocycles. The third kappa shape index (κ3) is 8.30. The van der Waals surface area contributed by atoms with Crippen LogP contribution in [0.15, 0.2) is 73.1 Å². The fraction of sp³-hybridized carbons (Fsp3) is 0.351. The third-order valence-corrected chi connectivity index (χ3v) is 9.63. The predicted octanol–water partition coefficient (Wildman–Crippen LogP) is 4.81. The summed E-state index contributed by atoms with van der Waals surface area (Å²) >= 11 is 0. The number of amides is 1. The highest BCUT2D eigenvalue weighted by Crippen LogP contribution is 2.39. The SMILES string of the molecule is COc1c(NC(=O)c2ccc(C)c(N3C=C(c4cn(C)c(N5CCN(Cc6ccccc6)CC5)n4)NN3)c2)cc(C(C)(C)C)cc1NS(C)(=O)=O. The summed E-state index contributed by atoms with van der Waals surface area (Å²) in [7, 11) is -0.157. The molecule has 270 valence electrons. The smallest absolute Gasteiger partial charge is 0.255 e. The lowest BCUT2D eigenvalue weighted by Crippen LogP contribution is -2.46. The fourth-order valence-electron chi connectivity index (χ4n) is 6.26. The fourth-order valence-corrected chi connectivity index (χ4v) is 6.81. The van der Waals surface area contributed by atoms with Gasteiger partial charge >= 0.3 is 0 Å². The van der Waals surface area contributed by atoms with Crippen LogP contribution in [0.3, 0.4) is 0 Å². The van der Waals surface area contributed by atoms with Gasteiger partial charge in [0.2, 0.25) is 16.0 Å². The molecule has 2 aliphatic heterocycles. The lowest BCUT2D eigenvalue weighted by molar-refractivity contribution is 0.102. The molecule has 0 bridgehead atoms. The Bertz CT molecular complexity index is 2050. The molecular weight excluding hydrogens is 667 g/mol. The van der Waals surface area contributed by atoms with E-state index in [9.17, 15) is 13.2 Å². The molecule has 13 nitrogen and oxygen atoms in total. The van der Waals surface area contributed by atoms with E-state index < -0.39 is 10.0 Å². The van der Waals surface area contributed by atoms with Crippen molar-refractivity contribution < 1.29 is 17.9 Å². The Hall–Kier alpha value is -5.05. The van der Waals surface area contributed by atoms with Crippen LogP contribution in [0.1, 0.15) is 53.5 Å². The Morgan fingerprint density at radius 3 is 2.37 bits per heavy atom. The number of hydrazine groups is 2. The van der Waals surface area contributed by atoms with E-state index in [-0.39, 0.29) is 22.8 Å². The Morgan fingerprint density at radius 2 is 1.71 bits per heavy atom. The number of hydrogen-bond acceptors (Lipinski definition) is 10. The van der Waals surface area contributed by atoms with Crippen LogP contribution in [0.5, 0.6) is 5.75 Å². The largest absolute Gasteiger partial charge is 0.492 e. The zero-order valence-corrected chi connectivity index (χ0v) is 31.1. The Labute approximate surface area is 300 Å². The van der Waals surface area contributed by atoms with E-state index in [0.29, 0.717) is 11.3 Å². The molecule has 0 aliphatic carbocycles. The van der Waals surface area contributed by atoms with Crippen LogP contribution in [0.25, 0.3) is 5.70 Å². The number of aromatic nitrogens is 2. The number of piperazine rings is 1. The maximum Gasteiger partial charge on any atom is 0.255 e. The monoisotopic (exact) mass is 713 g/mol. The molecule has 4 aromatic rings. The summed E-state index contributed by atoms with van der Waals surface area (Å²) in [5.74, 6) is 0.762. The van der Waals surface area contributed by atoms with Crippen LogP contribution in [-0.2, 0) is 29.0 Å². The number of nitrogens with zero attached hydrogens (tertiary/aromatic N) is 5. The van der Waals surface area contributed by atoms with Gasteiger partial charge in [0, 0.05) is 51.5 Å². The molecule has 51 heavy (non-hydrogen) atoms. The maximum atomic E-state index is 13.7. The van der Waals surface area contributed by atoms with Gasteiger partial charge in [0.15, 0.2) is 5.75 Å². The number of carbonyl (C=O) groups excluding carboxylic acids is 1. The van der Waals surface area contributed by atoms with Crippen LogP contribution in [0.2, 0.25) is 0 Å². The zero-order chi connectivity index (χ0) is 36.5. The number of sulfonamides is 1. The normalized spacial score (nSPS) is 15.4. The number of rotatable bonds is 10. The standard InChI is InChI=1S/C37H47N9O4S/c1-25-13-14-27(35(47)38-29-20-28(37(2,3)4)21-30(34(29)50-6)41-51(7,48)49)19-33(25)46-24-32(40-42-46)31-23-43(5)36(39-31)45-17-15-44(16-18-45)22-26-11-9-8-10-12-26/h8-14,19-21,23-24,40-42H,15-18,22H2,1-7H3,(H,38,47). The first kappa shape index (κ1) is 35.8. The third-order valence-electron chi connectivity index (χ3n) is 9.03. The second-order valence-electron chi connectivity index (χ2n) is 14.1. The Morgan fingerprint density at radius 1 is 1.00 bits per heavy atom. The molecule has 0 saturated carbocycles. The molecular formula is C37H47N9O4S. The van der Waals surface area contributed by atoms with Gasteiger partial charge in [-0.25, -0.2) is 13.4 Å². The number of anilines is 4. The van der Waals surface area contributed by atoms with Crippen molar-refractivity contribution in [2.24, 2.45) is 7.05 Å². The van der Waals surface area contributed by atoms with E-state index in [1.807, 2.05) is 70.3 Å². The van der Waals surface area contributed by atoms with Crippen molar-refractivity contribution in [2.45, 2.75) is 39.7 Å². The molecule has 1 amide bonds. The highest BCUT2D eigenvalue weighted by atomic mass is 32.2. The number of methoxy groups -OCH3 is 1. The maximum absolute atomic E-state index is 13.7. The molecule has 1 fully saturated rings. The molecule has 3 heterocycles. The zero-order valence-electron chi connectivity index (χ0n) is 30.2. The van der Waals surface area contributed by atoms with Gasteiger partial charge in [0.1, 0.15) is 5.69 Å². The van der Waals surface area contributed by atoms with Gasteiger partial charge in [-0.2, -0.15) is 0 Å². The topological polar surface area (TPSA) is 136 Å². The second-order valence-corrected chi connectivity index (χ2v) is 15.9. The number of aryl methyl sites for hydroxylation is 2. The molecule has 2 aliphatic rings. The second kappa shape index (κ2) is 14.3. The van der Waals surface area contributed by atoms with E-state index in [0.717, 1.165) is 73.1 Å². The van der Waals surface area contributed by atoms with Crippen LogP contribution in [-0.4, -0.2) is 68.3 Å². The first-order valence-electron chi connectivity index (χ1n) is 16.9. The average molecular weight is 714 g/mol. The highest BCUT2D eigenvalue weighted by molar-refractivity contribution is 7.92. The van der Waals surface area contributed by atoms with Crippen LogP contribution >= 0.6 is 0 Å². The summed E-state index contributed by atoms with van der Waals surface area (Å²) in [4.78, 5) is 23.5. The van der Waals surface area contributed by atoms with E-state index in [4.69, 9.17) is 9.72 Å². The van der Waals surface area contributed by atoms with Crippen molar-refractivity contribution in [2.75, 3.05) is 59.5 Å². The van der Waals surface area contributed by atoms with Crippen molar-refractivity contribution in [1.29, 1.82) is 0 Å². The summed E-state index contributed by atoms with van der Waals surface area (Å²) in [5.41, 5.74) is 12.6. The summed E-state index contributed by atoms with van der Waals surface area (Å²) in [6, 6.07) is 19.5. The summed E-state index contributed by atoms with van der Waals surface area (Å²) < 4.78 is 34.5. The summed E-state index contributed by atoms with van der Waals surface area (Å²) in [6.07, 6.45) is 5.01. The van der Waals surface area contributed by atoms with Gasteiger partial charge in [-0.15, -0.1) is 5.53 Å². The first-order valence-corrected chi connectivity index (χ1v) is 18.8. The molecule has 0 spiro atoms. The van der Waals surface area contributed by atoms with Crippen molar-refractivity contribution in [3.8, 4) is 5.75 Å². The van der Waals surface area contributed by atoms with Crippen molar-refractivity contribution in [3.63, 3.8) is 0 Å². The van der Waals surface area contributed by atoms with E-state index in [1.165, 1.54) is 12.7 Å². The lowest BCUT2D eigenvalue weighted by atomic mass is 9.86. The van der Waals surface area contributed by atoms with Crippen molar-refractivity contribution in [1.82, 2.24) is 25.4 Å². The minimum atomic E-state index is -3.61. The van der Waals surface area contributed by atoms with E-state index >= 15 is 0 Å². The average Bonchev–Trinajstić information content (AvgIpc) is 3.72. The number of nitrogens with one attached hydrogen (secondary N) is 4. The molecule has 14 heteroatoms.